The van der Waals surface area contributed by atoms with E-state index in [0.717, 1.165) is 12.8 Å². The van der Waals surface area contributed by atoms with Gasteiger partial charge in [-0.1, -0.05) is 25.7 Å². The van der Waals surface area contributed by atoms with Gasteiger partial charge in [0.15, 0.2) is 0 Å². The molecule has 1 atom stereocenters. The van der Waals surface area contributed by atoms with Crippen LogP contribution in [0.15, 0.2) is 0 Å². The van der Waals surface area contributed by atoms with Gasteiger partial charge in [-0.05, 0) is 18.8 Å². The van der Waals surface area contributed by atoms with E-state index in [2.05, 4.69) is 0 Å². The first kappa shape index (κ1) is 11.8. The first-order valence-corrected chi connectivity index (χ1v) is 5.92. The van der Waals surface area contributed by atoms with Crippen LogP contribution >= 0.6 is 11.6 Å². The molecule has 0 aromatic rings. The second-order valence-electron chi connectivity index (χ2n) is 4.39. The van der Waals surface area contributed by atoms with Gasteiger partial charge in [-0.3, -0.25) is 4.79 Å². The van der Waals surface area contributed by atoms with E-state index in [1.54, 1.807) is 19.0 Å². The van der Waals surface area contributed by atoms with Crippen LogP contribution in [-0.2, 0) is 4.79 Å². The summed E-state index contributed by atoms with van der Waals surface area (Å²) in [7, 11) is 3.54. The van der Waals surface area contributed by atoms with Gasteiger partial charge in [0.2, 0.25) is 5.91 Å². The van der Waals surface area contributed by atoms with Crippen molar-refractivity contribution in [2.75, 3.05) is 14.1 Å². The molecule has 1 unspecified atom stereocenters. The first-order valence-electron chi connectivity index (χ1n) is 5.48. The summed E-state index contributed by atoms with van der Waals surface area (Å²) < 4.78 is 0. The predicted octanol–water partition coefficient (Wildman–Crippen LogP) is 2.65. The zero-order chi connectivity index (χ0) is 10.6. The smallest absolute Gasteiger partial charge is 0.240 e. The normalized spacial score (nSPS) is 21.4. The molecule has 3 heteroatoms. The number of alkyl halides is 1. The molecule has 1 fully saturated rings. The van der Waals surface area contributed by atoms with Crippen molar-refractivity contribution in [2.45, 2.75) is 43.9 Å². The molecule has 2 nitrogen and oxygen atoms in total. The zero-order valence-corrected chi connectivity index (χ0v) is 9.89. The summed E-state index contributed by atoms with van der Waals surface area (Å²) in [6.07, 6.45) is 7.30. The largest absolute Gasteiger partial charge is 0.348 e. The van der Waals surface area contributed by atoms with Gasteiger partial charge in [0.25, 0.3) is 0 Å². The Kier molecular flexibility index (Phi) is 4.73. The lowest BCUT2D eigenvalue weighted by Crippen LogP contribution is -2.35. The van der Waals surface area contributed by atoms with Gasteiger partial charge >= 0.3 is 0 Å². The lowest BCUT2D eigenvalue weighted by atomic mass is 9.95. The summed E-state index contributed by atoms with van der Waals surface area (Å²) in [4.78, 5) is 13.2. The molecule has 0 aliphatic heterocycles. The van der Waals surface area contributed by atoms with Crippen LogP contribution in [0.3, 0.4) is 0 Å². The average Bonchev–Trinajstić information content (AvgIpc) is 2.43. The summed E-state index contributed by atoms with van der Waals surface area (Å²) in [5.41, 5.74) is 0. The van der Waals surface area contributed by atoms with Gasteiger partial charge in [0.1, 0.15) is 5.38 Å². The summed E-state index contributed by atoms with van der Waals surface area (Å²) in [5, 5.41) is -0.303. The molecule has 1 rings (SSSR count). The van der Waals surface area contributed by atoms with Crippen LogP contribution in [0.25, 0.3) is 0 Å². The zero-order valence-electron chi connectivity index (χ0n) is 9.13. The average molecular weight is 218 g/mol. The molecule has 82 valence electrons. The summed E-state index contributed by atoms with van der Waals surface area (Å²) in [5.74, 6) is 0.465. The molecule has 0 N–H and O–H groups in total. The summed E-state index contributed by atoms with van der Waals surface area (Å²) in [6, 6.07) is 0. The Hall–Kier alpha value is -0.240. The van der Waals surface area contributed by atoms with Crippen molar-refractivity contribution in [1.29, 1.82) is 0 Å². The van der Waals surface area contributed by atoms with Crippen molar-refractivity contribution in [2.24, 2.45) is 5.92 Å². The van der Waals surface area contributed by atoms with Gasteiger partial charge < -0.3 is 4.90 Å². The van der Waals surface area contributed by atoms with Crippen molar-refractivity contribution in [3.8, 4) is 0 Å². The van der Waals surface area contributed by atoms with E-state index >= 15 is 0 Å². The Morgan fingerprint density at radius 2 is 1.71 bits per heavy atom. The van der Waals surface area contributed by atoms with Crippen LogP contribution < -0.4 is 0 Å². The molecule has 1 aliphatic carbocycles. The lowest BCUT2D eigenvalue weighted by molar-refractivity contribution is -0.129. The molecule has 0 aromatic heterocycles. The van der Waals surface area contributed by atoms with Gasteiger partial charge in [-0.2, -0.15) is 0 Å². The fourth-order valence-corrected chi connectivity index (χ4v) is 2.50. The molecule has 1 saturated carbocycles. The van der Waals surface area contributed by atoms with Crippen LogP contribution in [0.2, 0.25) is 0 Å². The molecular formula is C11H20ClNO. The van der Waals surface area contributed by atoms with Crippen LogP contribution in [0, 0.1) is 5.92 Å². The molecule has 0 heterocycles. The minimum absolute atomic E-state index is 0.0681. The van der Waals surface area contributed by atoms with Gasteiger partial charge in [0, 0.05) is 14.1 Å². The minimum atomic E-state index is -0.303. The molecule has 14 heavy (non-hydrogen) atoms. The molecule has 0 aromatic carbocycles. The fraction of sp³-hybridized carbons (Fsp3) is 0.909. The SMILES string of the molecule is CN(C)C(=O)C(Cl)C1CCCCCC1. The summed E-state index contributed by atoms with van der Waals surface area (Å²) >= 11 is 6.19. The van der Waals surface area contributed by atoms with E-state index < -0.39 is 0 Å². The Balaban J connectivity index is 2.49. The maximum absolute atomic E-state index is 11.6. The lowest BCUT2D eigenvalue weighted by Gasteiger charge is -2.22. The van der Waals surface area contributed by atoms with Gasteiger partial charge in [-0.15, -0.1) is 11.6 Å². The summed E-state index contributed by atoms with van der Waals surface area (Å²) in [6.45, 7) is 0. The topological polar surface area (TPSA) is 20.3 Å². The second-order valence-corrected chi connectivity index (χ2v) is 4.86. The van der Waals surface area contributed by atoms with E-state index in [4.69, 9.17) is 11.6 Å². The highest BCUT2D eigenvalue weighted by Gasteiger charge is 2.27. The Morgan fingerprint density at radius 3 is 2.14 bits per heavy atom. The van der Waals surface area contributed by atoms with Gasteiger partial charge in [0.05, 0.1) is 0 Å². The van der Waals surface area contributed by atoms with Crippen LogP contribution in [0.4, 0.5) is 0 Å². The third-order valence-corrected chi connectivity index (χ3v) is 3.53. The number of halogens is 1. The van der Waals surface area contributed by atoms with Crippen LogP contribution in [0.1, 0.15) is 38.5 Å². The second kappa shape index (κ2) is 5.59. The maximum Gasteiger partial charge on any atom is 0.240 e. The van der Waals surface area contributed by atoms with E-state index in [1.165, 1.54) is 25.7 Å². The van der Waals surface area contributed by atoms with Crippen molar-refractivity contribution < 1.29 is 4.79 Å². The van der Waals surface area contributed by atoms with Crippen LogP contribution in [-0.4, -0.2) is 30.3 Å². The first-order chi connectivity index (χ1) is 6.63. The molecular weight excluding hydrogens is 198 g/mol. The van der Waals surface area contributed by atoms with Crippen molar-refractivity contribution in [3.05, 3.63) is 0 Å². The standard InChI is InChI=1S/C11H20ClNO/c1-13(2)11(14)10(12)9-7-5-3-4-6-8-9/h9-10H,3-8H2,1-2H3. The molecule has 1 aliphatic rings. The molecule has 0 radical (unpaired) electrons. The molecule has 0 saturated heterocycles. The third kappa shape index (κ3) is 3.16. The van der Waals surface area contributed by atoms with Crippen molar-refractivity contribution >= 4 is 17.5 Å². The van der Waals surface area contributed by atoms with E-state index in [0.29, 0.717) is 5.92 Å². The monoisotopic (exact) mass is 217 g/mol. The van der Waals surface area contributed by atoms with Crippen molar-refractivity contribution in [3.63, 3.8) is 0 Å². The van der Waals surface area contributed by atoms with Crippen molar-refractivity contribution in [1.82, 2.24) is 4.90 Å². The number of hydrogen-bond acceptors (Lipinski definition) is 1. The van der Waals surface area contributed by atoms with E-state index in [-0.39, 0.29) is 11.3 Å². The fourth-order valence-electron chi connectivity index (χ4n) is 2.05. The number of amides is 1. The highest BCUT2D eigenvalue weighted by molar-refractivity contribution is 6.30. The number of carbonyl (C=O) groups excluding carboxylic acids is 1. The maximum atomic E-state index is 11.6. The van der Waals surface area contributed by atoms with E-state index in [1.807, 2.05) is 0 Å². The minimum Gasteiger partial charge on any atom is -0.348 e. The Morgan fingerprint density at radius 1 is 1.21 bits per heavy atom. The number of carbonyl (C=O) groups is 1. The van der Waals surface area contributed by atoms with Gasteiger partial charge in [-0.25, -0.2) is 0 Å². The number of hydrogen-bond donors (Lipinski definition) is 0. The highest BCUT2D eigenvalue weighted by Crippen LogP contribution is 2.28. The molecule has 0 spiro atoms. The highest BCUT2D eigenvalue weighted by atomic mass is 35.5. The number of rotatable bonds is 2. The predicted molar refractivity (Wildman–Crippen MR) is 59.5 cm³/mol. The Bertz CT molecular complexity index is 186. The Labute approximate surface area is 91.6 Å². The molecule has 0 bridgehead atoms. The number of nitrogens with zero attached hydrogens (tertiary/aromatic N) is 1. The van der Waals surface area contributed by atoms with Crippen LogP contribution in [0.5, 0.6) is 0 Å². The molecule has 1 amide bonds. The quantitative estimate of drug-likeness (QED) is 0.515. The third-order valence-electron chi connectivity index (χ3n) is 2.99. The van der Waals surface area contributed by atoms with E-state index in [9.17, 15) is 4.79 Å².